The molecule has 2 aromatic carbocycles. The van der Waals surface area contributed by atoms with E-state index in [2.05, 4.69) is 59.9 Å². The molecule has 0 radical (unpaired) electrons. The van der Waals surface area contributed by atoms with Crippen molar-refractivity contribution in [3.8, 4) is 11.1 Å². The molecule has 0 atom stereocenters. The molecular weight excluding hydrogens is 318 g/mol. The molecule has 3 aromatic rings. The summed E-state index contributed by atoms with van der Waals surface area (Å²) in [6, 6.07) is 14.1. The van der Waals surface area contributed by atoms with Crippen LogP contribution in [-0.2, 0) is 6.42 Å². The molecule has 1 aliphatic rings. The summed E-state index contributed by atoms with van der Waals surface area (Å²) in [4.78, 5) is 4.46. The van der Waals surface area contributed by atoms with Gasteiger partial charge in [-0.3, -0.25) is 9.67 Å². The molecule has 1 aliphatic carbocycles. The fraction of sp³-hybridized carbons (Fsp3) is 0.391. The number of benzene rings is 2. The number of aromatic nitrogens is 2. The fourth-order valence-electron chi connectivity index (χ4n) is 4.10. The second kappa shape index (κ2) is 7.06. The molecule has 0 amide bonds. The molecule has 134 valence electrons. The topological polar surface area (TPSA) is 30.2 Å². The van der Waals surface area contributed by atoms with Gasteiger partial charge in [0.1, 0.15) is 0 Å². The fourth-order valence-corrected chi connectivity index (χ4v) is 4.10. The monoisotopic (exact) mass is 345 g/mol. The van der Waals surface area contributed by atoms with Crippen LogP contribution in [0.15, 0.2) is 47.6 Å². The normalized spacial score (nSPS) is 15.9. The molecular formula is C23H27N3. The first-order valence-corrected chi connectivity index (χ1v) is 9.75. The van der Waals surface area contributed by atoms with Gasteiger partial charge in [-0.05, 0) is 55.0 Å². The zero-order valence-corrected chi connectivity index (χ0v) is 16.0. The van der Waals surface area contributed by atoms with Crippen LogP contribution in [0.5, 0.6) is 0 Å². The molecule has 0 unspecified atom stereocenters. The molecule has 3 nitrogen and oxygen atoms in total. The van der Waals surface area contributed by atoms with Crippen molar-refractivity contribution in [2.45, 2.75) is 52.0 Å². The Kier molecular flexibility index (Phi) is 4.62. The average molecular weight is 345 g/mol. The maximum atomic E-state index is 4.78. The summed E-state index contributed by atoms with van der Waals surface area (Å²) >= 11 is 0. The lowest BCUT2D eigenvalue weighted by Crippen LogP contribution is -2.06. The zero-order valence-electron chi connectivity index (χ0n) is 16.0. The van der Waals surface area contributed by atoms with E-state index in [0.29, 0.717) is 6.04 Å². The molecule has 0 aliphatic heterocycles. The molecule has 4 rings (SSSR count). The van der Waals surface area contributed by atoms with Crippen molar-refractivity contribution < 1.29 is 0 Å². The number of nitrogens with zero attached hydrogens (tertiary/aromatic N) is 3. The standard InChI is InChI=1S/C23H27N3/c1-4-17-9-11-18(12-10-17)19-13-21(16(2)24-3)22-15-25-26(23(22)14-19)20-7-5-6-8-20/h9-15,20H,4-8H2,1-3H3. The van der Waals surface area contributed by atoms with Gasteiger partial charge >= 0.3 is 0 Å². The van der Waals surface area contributed by atoms with Gasteiger partial charge in [-0.15, -0.1) is 0 Å². The Morgan fingerprint density at radius 3 is 2.50 bits per heavy atom. The van der Waals surface area contributed by atoms with E-state index in [1.807, 2.05) is 13.2 Å². The largest absolute Gasteiger partial charge is 0.293 e. The van der Waals surface area contributed by atoms with Crippen molar-refractivity contribution in [1.29, 1.82) is 0 Å². The van der Waals surface area contributed by atoms with E-state index in [9.17, 15) is 0 Å². The van der Waals surface area contributed by atoms with Crippen molar-refractivity contribution in [1.82, 2.24) is 9.78 Å². The van der Waals surface area contributed by atoms with Crippen LogP contribution < -0.4 is 0 Å². The number of hydrogen-bond donors (Lipinski definition) is 0. The van der Waals surface area contributed by atoms with Gasteiger partial charge in [0.2, 0.25) is 0 Å². The van der Waals surface area contributed by atoms with E-state index < -0.39 is 0 Å². The van der Waals surface area contributed by atoms with Gasteiger partial charge in [0.15, 0.2) is 0 Å². The summed E-state index contributed by atoms with van der Waals surface area (Å²) in [6.45, 7) is 4.28. The number of fused-ring (bicyclic) bond motifs is 1. The number of aryl methyl sites for hydroxylation is 1. The highest BCUT2D eigenvalue weighted by Crippen LogP contribution is 2.35. The summed E-state index contributed by atoms with van der Waals surface area (Å²) < 4.78 is 2.26. The van der Waals surface area contributed by atoms with Gasteiger partial charge in [-0.25, -0.2) is 0 Å². The number of rotatable bonds is 4. The third-order valence-corrected chi connectivity index (χ3v) is 5.81. The lowest BCUT2D eigenvalue weighted by molar-refractivity contribution is 0.482. The minimum atomic E-state index is 0.539. The van der Waals surface area contributed by atoms with Gasteiger partial charge in [0.05, 0.1) is 17.8 Å². The van der Waals surface area contributed by atoms with E-state index in [1.54, 1.807) is 0 Å². The zero-order chi connectivity index (χ0) is 18.1. The highest BCUT2D eigenvalue weighted by Gasteiger charge is 2.21. The van der Waals surface area contributed by atoms with Gasteiger partial charge in [-0.1, -0.05) is 44.0 Å². The second-order valence-electron chi connectivity index (χ2n) is 7.34. The van der Waals surface area contributed by atoms with Crippen molar-refractivity contribution in [2.75, 3.05) is 7.05 Å². The lowest BCUT2D eigenvalue weighted by atomic mass is 9.97. The van der Waals surface area contributed by atoms with Crippen LogP contribution in [-0.4, -0.2) is 22.5 Å². The van der Waals surface area contributed by atoms with Crippen molar-refractivity contribution >= 4 is 16.6 Å². The first-order valence-electron chi connectivity index (χ1n) is 9.75. The van der Waals surface area contributed by atoms with Gasteiger partial charge in [0, 0.05) is 23.7 Å². The molecule has 1 heterocycles. The van der Waals surface area contributed by atoms with Gasteiger partial charge < -0.3 is 0 Å². The Bertz CT molecular complexity index is 941. The van der Waals surface area contributed by atoms with E-state index in [0.717, 1.165) is 12.1 Å². The predicted octanol–water partition coefficient (Wildman–Crippen LogP) is 5.82. The molecule has 1 aromatic heterocycles. The number of hydrogen-bond acceptors (Lipinski definition) is 2. The van der Waals surface area contributed by atoms with Crippen molar-refractivity contribution in [2.24, 2.45) is 4.99 Å². The molecule has 3 heteroatoms. The SMILES string of the molecule is CCc1ccc(-c2cc(C(C)=NC)c3cnn(C4CCCC4)c3c2)cc1. The van der Waals surface area contributed by atoms with Crippen molar-refractivity contribution in [3.05, 3.63) is 53.7 Å². The first kappa shape index (κ1) is 17.0. The second-order valence-corrected chi connectivity index (χ2v) is 7.34. The van der Waals surface area contributed by atoms with E-state index >= 15 is 0 Å². The van der Waals surface area contributed by atoms with Crippen LogP contribution in [0, 0.1) is 0 Å². The third kappa shape index (κ3) is 2.96. The Morgan fingerprint density at radius 1 is 1.12 bits per heavy atom. The third-order valence-electron chi connectivity index (χ3n) is 5.81. The highest BCUT2D eigenvalue weighted by atomic mass is 15.3. The highest BCUT2D eigenvalue weighted by molar-refractivity contribution is 6.10. The van der Waals surface area contributed by atoms with Gasteiger partial charge in [-0.2, -0.15) is 5.10 Å². The van der Waals surface area contributed by atoms with Crippen LogP contribution >= 0.6 is 0 Å². The molecule has 0 N–H and O–H groups in total. The van der Waals surface area contributed by atoms with Crippen LogP contribution in [0.25, 0.3) is 22.0 Å². The van der Waals surface area contributed by atoms with E-state index in [1.165, 1.54) is 58.8 Å². The minimum absolute atomic E-state index is 0.539. The van der Waals surface area contributed by atoms with Crippen LogP contribution in [0.2, 0.25) is 0 Å². The quantitative estimate of drug-likeness (QED) is 0.548. The van der Waals surface area contributed by atoms with Crippen LogP contribution in [0.4, 0.5) is 0 Å². The Labute approximate surface area is 155 Å². The molecule has 0 spiro atoms. The lowest BCUT2D eigenvalue weighted by Gasteiger charge is -2.14. The summed E-state index contributed by atoms with van der Waals surface area (Å²) in [5, 5.41) is 6.00. The number of aliphatic imine (C=N–C) groups is 1. The summed E-state index contributed by atoms with van der Waals surface area (Å²) in [6.07, 6.45) is 8.20. The molecule has 1 saturated carbocycles. The smallest absolute Gasteiger partial charge is 0.0698 e. The average Bonchev–Trinajstić information content (AvgIpc) is 3.36. The van der Waals surface area contributed by atoms with Crippen LogP contribution in [0.3, 0.4) is 0 Å². The maximum absolute atomic E-state index is 4.78. The summed E-state index contributed by atoms with van der Waals surface area (Å²) in [5.74, 6) is 0. The maximum Gasteiger partial charge on any atom is 0.0698 e. The Hall–Kier alpha value is -2.42. The van der Waals surface area contributed by atoms with E-state index in [4.69, 9.17) is 5.10 Å². The van der Waals surface area contributed by atoms with E-state index in [-0.39, 0.29) is 0 Å². The predicted molar refractivity (Wildman–Crippen MR) is 110 cm³/mol. The minimum Gasteiger partial charge on any atom is -0.293 e. The summed E-state index contributed by atoms with van der Waals surface area (Å²) in [5.41, 5.74) is 7.38. The molecule has 1 fully saturated rings. The molecule has 0 bridgehead atoms. The van der Waals surface area contributed by atoms with Crippen LogP contribution in [0.1, 0.15) is 56.7 Å². The molecule has 26 heavy (non-hydrogen) atoms. The summed E-state index contributed by atoms with van der Waals surface area (Å²) in [7, 11) is 1.87. The Morgan fingerprint density at radius 2 is 1.85 bits per heavy atom. The van der Waals surface area contributed by atoms with Crippen molar-refractivity contribution in [3.63, 3.8) is 0 Å². The Balaban J connectivity index is 1.90. The first-order chi connectivity index (χ1) is 12.7. The molecule has 0 saturated heterocycles. The van der Waals surface area contributed by atoms with Gasteiger partial charge in [0.25, 0.3) is 0 Å².